The van der Waals surface area contributed by atoms with E-state index in [0.717, 1.165) is 0 Å². The zero-order valence-corrected chi connectivity index (χ0v) is 11.4. The van der Waals surface area contributed by atoms with E-state index in [9.17, 15) is 9.18 Å². The summed E-state index contributed by atoms with van der Waals surface area (Å²) < 4.78 is 24.0. The standard InChI is InChI=1S/C14H17FN2O4/c15-13-9-20-5-4-16(13)10-2-1-3-11(6-10)17-7-12(8-18)21-14(17)19/h1-3,6,12-13,18H,4-5,7-9H2/t12-,13?/m1/s1. The predicted molar refractivity (Wildman–Crippen MR) is 74.2 cm³/mol. The summed E-state index contributed by atoms with van der Waals surface area (Å²) in [6.07, 6.45) is -2.20. The van der Waals surface area contributed by atoms with Crippen LogP contribution in [0, 0.1) is 0 Å². The lowest BCUT2D eigenvalue weighted by Crippen LogP contribution is -2.43. The molecule has 2 aliphatic heterocycles. The first-order valence-electron chi connectivity index (χ1n) is 6.86. The number of hydrogen-bond donors (Lipinski definition) is 1. The maximum absolute atomic E-state index is 13.9. The first kappa shape index (κ1) is 14.1. The Morgan fingerprint density at radius 1 is 1.38 bits per heavy atom. The van der Waals surface area contributed by atoms with E-state index in [1.165, 1.54) is 4.90 Å². The fourth-order valence-electron chi connectivity index (χ4n) is 2.53. The van der Waals surface area contributed by atoms with Crippen molar-refractivity contribution < 1.29 is 23.8 Å². The van der Waals surface area contributed by atoms with E-state index in [0.29, 0.717) is 31.1 Å². The smallest absolute Gasteiger partial charge is 0.414 e. The Labute approximate surface area is 121 Å². The van der Waals surface area contributed by atoms with Crippen LogP contribution in [-0.4, -0.2) is 56.5 Å². The van der Waals surface area contributed by atoms with Crippen molar-refractivity contribution >= 4 is 17.5 Å². The number of halogens is 1. The number of hydrogen-bond acceptors (Lipinski definition) is 5. The van der Waals surface area contributed by atoms with Crippen LogP contribution in [-0.2, 0) is 9.47 Å². The second-order valence-electron chi connectivity index (χ2n) is 5.02. The third-order valence-corrected chi connectivity index (χ3v) is 3.62. The van der Waals surface area contributed by atoms with Gasteiger partial charge in [-0.2, -0.15) is 0 Å². The van der Waals surface area contributed by atoms with Crippen LogP contribution in [0.25, 0.3) is 0 Å². The van der Waals surface area contributed by atoms with E-state index in [1.54, 1.807) is 29.2 Å². The van der Waals surface area contributed by atoms with Crippen LogP contribution < -0.4 is 9.80 Å². The number of alkyl halides is 1. The Bertz CT molecular complexity index is 527. The summed E-state index contributed by atoms with van der Waals surface area (Å²) in [4.78, 5) is 14.8. The third-order valence-electron chi connectivity index (χ3n) is 3.62. The van der Waals surface area contributed by atoms with Crippen LogP contribution >= 0.6 is 0 Å². The van der Waals surface area contributed by atoms with Crippen molar-refractivity contribution in [2.24, 2.45) is 0 Å². The van der Waals surface area contributed by atoms with Crippen molar-refractivity contribution in [2.45, 2.75) is 12.4 Å². The van der Waals surface area contributed by atoms with Gasteiger partial charge in [0.2, 0.25) is 0 Å². The highest BCUT2D eigenvalue weighted by Crippen LogP contribution is 2.28. The number of anilines is 2. The second-order valence-corrected chi connectivity index (χ2v) is 5.02. The predicted octanol–water partition coefficient (Wildman–Crippen LogP) is 1.14. The van der Waals surface area contributed by atoms with E-state index in [1.807, 2.05) is 0 Å². The Balaban J connectivity index is 1.81. The molecule has 1 aromatic rings. The van der Waals surface area contributed by atoms with Gasteiger partial charge in [0.05, 0.1) is 26.4 Å². The summed E-state index contributed by atoms with van der Waals surface area (Å²) in [5.41, 5.74) is 1.33. The van der Waals surface area contributed by atoms with Crippen molar-refractivity contribution in [1.29, 1.82) is 0 Å². The van der Waals surface area contributed by atoms with Gasteiger partial charge in [0.15, 0.2) is 6.30 Å². The van der Waals surface area contributed by atoms with Crippen molar-refractivity contribution in [3.8, 4) is 0 Å². The van der Waals surface area contributed by atoms with Crippen LogP contribution in [0.5, 0.6) is 0 Å². The first-order valence-corrected chi connectivity index (χ1v) is 6.86. The van der Waals surface area contributed by atoms with Crippen LogP contribution in [0.4, 0.5) is 20.6 Å². The highest BCUT2D eigenvalue weighted by Gasteiger charge is 2.32. The summed E-state index contributed by atoms with van der Waals surface area (Å²) in [6, 6.07) is 7.08. The van der Waals surface area contributed by atoms with Crippen LogP contribution in [0.2, 0.25) is 0 Å². The zero-order valence-electron chi connectivity index (χ0n) is 11.4. The molecular formula is C14H17FN2O4. The lowest BCUT2D eigenvalue weighted by atomic mass is 10.2. The molecule has 1 unspecified atom stereocenters. The molecule has 0 spiro atoms. The Hall–Kier alpha value is -1.86. The van der Waals surface area contributed by atoms with Gasteiger partial charge in [-0.25, -0.2) is 9.18 Å². The molecule has 1 amide bonds. The molecule has 3 rings (SSSR count). The Kier molecular flexibility index (Phi) is 3.94. The molecule has 114 valence electrons. The van der Waals surface area contributed by atoms with E-state index in [-0.39, 0.29) is 13.2 Å². The number of rotatable bonds is 3. The van der Waals surface area contributed by atoms with Crippen molar-refractivity contribution in [3.05, 3.63) is 24.3 Å². The number of morpholine rings is 1. The number of carbonyl (C=O) groups excluding carboxylic acids is 1. The number of aliphatic hydroxyl groups excluding tert-OH is 1. The number of benzene rings is 1. The molecule has 2 saturated heterocycles. The number of cyclic esters (lactones) is 1. The molecule has 0 saturated carbocycles. The normalized spacial score (nSPS) is 26.1. The molecule has 2 atom stereocenters. The van der Waals surface area contributed by atoms with Gasteiger partial charge in [0, 0.05) is 17.9 Å². The Morgan fingerprint density at radius 2 is 2.19 bits per heavy atom. The Morgan fingerprint density at radius 3 is 2.90 bits per heavy atom. The third kappa shape index (κ3) is 2.79. The number of ether oxygens (including phenoxy) is 2. The quantitative estimate of drug-likeness (QED) is 0.847. The molecule has 21 heavy (non-hydrogen) atoms. The summed E-state index contributed by atoms with van der Waals surface area (Å²) >= 11 is 0. The molecule has 0 aliphatic carbocycles. The summed E-state index contributed by atoms with van der Waals surface area (Å²) in [5.74, 6) is 0. The van der Waals surface area contributed by atoms with Gasteiger partial charge in [-0.3, -0.25) is 4.90 Å². The highest BCUT2D eigenvalue weighted by molar-refractivity contribution is 5.90. The summed E-state index contributed by atoms with van der Waals surface area (Å²) in [7, 11) is 0. The lowest BCUT2D eigenvalue weighted by molar-refractivity contribution is 0.0497. The van der Waals surface area contributed by atoms with Gasteiger partial charge in [-0.15, -0.1) is 0 Å². The van der Waals surface area contributed by atoms with E-state index < -0.39 is 18.5 Å². The molecule has 1 N–H and O–H groups in total. The molecule has 2 aliphatic rings. The monoisotopic (exact) mass is 296 g/mol. The van der Waals surface area contributed by atoms with Gasteiger partial charge >= 0.3 is 6.09 Å². The van der Waals surface area contributed by atoms with Crippen LogP contribution in [0.1, 0.15) is 0 Å². The summed E-state index contributed by atoms with van der Waals surface area (Å²) in [5, 5.41) is 9.07. The SMILES string of the molecule is O=C1O[C@@H](CO)CN1c1cccc(N2CCOCC2F)c1. The lowest BCUT2D eigenvalue weighted by Gasteiger charge is -2.32. The molecule has 6 nitrogen and oxygen atoms in total. The molecule has 2 fully saturated rings. The number of carbonyl (C=O) groups is 1. The van der Waals surface area contributed by atoms with Crippen molar-refractivity contribution in [3.63, 3.8) is 0 Å². The number of nitrogens with zero attached hydrogens (tertiary/aromatic N) is 2. The largest absolute Gasteiger partial charge is 0.441 e. The van der Waals surface area contributed by atoms with Crippen molar-refractivity contribution in [1.82, 2.24) is 0 Å². The molecular weight excluding hydrogens is 279 g/mol. The molecule has 1 aromatic carbocycles. The average Bonchev–Trinajstić information content (AvgIpc) is 2.89. The number of amides is 1. The molecule has 0 radical (unpaired) electrons. The maximum atomic E-state index is 13.9. The maximum Gasteiger partial charge on any atom is 0.414 e. The van der Waals surface area contributed by atoms with Crippen molar-refractivity contribution in [2.75, 3.05) is 42.7 Å². The zero-order chi connectivity index (χ0) is 14.8. The molecule has 0 aromatic heterocycles. The topological polar surface area (TPSA) is 62.2 Å². The van der Waals surface area contributed by atoms with E-state index in [2.05, 4.69) is 0 Å². The number of aliphatic hydroxyl groups is 1. The fraction of sp³-hybridized carbons (Fsp3) is 0.500. The van der Waals surface area contributed by atoms with Gasteiger partial charge in [0.25, 0.3) is 0 Å². The minimum absolute atomic E-state index is 0.0442. The van der Waals surface area contributed by atoms with Gasteiger partial charge < -0.3 is 19.5 Å². The van der Waals surface area contributed by atoms with Gasteiger partial charge in [0.1, 0.15) is 6.10 Å². The fourth-order valence-corrected chi connectivity index (χ4v) is 2.53. The molecule has 0 bridgehead atoms. The summed E-state index contributed by atoms with van der Waals surface area (Å²) in [6.45, 7) is 1.07. The minimum atomic E-state index is -1.19. The van der Waals surface area contributed by atoms with Gasteiger partial charge in [-0.1, -0.05) is 6.07 Å². The molecule has 2 heterocycles. The van der Waals surface area contributed by atoms with E-state index in [4.69, 9.17) is 14.6 Å². The first-order chi connectivity index (χ1) is 10.2. The second kappa shape index (κ2) is 5.87. The molecule has 7 heteroatoms. The minimum Gasteiger partial charge on any atom is -0.441 e. The van der Waals surface area contributed by atoms with Gasteiger partial charge in [-0.05, 0) is 18.2 Å². The van der Waals surface area contributed by atoms with Crippen LogP contribution in [0.15, 0.2) is 24.3 Å². The van der Waals surface area contributed by atoms with Crippen LogP contribution in [0.3, 0.4) is 0 Å². The highest BCUT2D eigenvalue weighted by atomic mass is 19.1. The van der Waals surface area contributed by atoms with E-state index >= 15 is 0 Å². The average molecular weight is 296 g/mol.